The van der Waals surface area contributed by atoms with Crippen molar-refractivity contribution in [3.05, 3.63) is 11.6 Å². The molecule has 11 heavy (non-hydrogen) atoms. The van der Waals surface area contributed by atoms with Gasteiger partial charge in [0.25, 0.3) is 0 Å². The van der Waals surface area contributed by atoms with Gasteiger partial charge >= 0.3 is 32.5 Å². The third-order valence-corrected chi connectivity index (χ3v) is 0.400. The van der Waals surface area contributed by atoms with Gasteiger partial charge in [0.1, 0.15) is 0 Å². The molecule has 0 spiro atoms. The molecule has 0 saturated carbocycles. The van der Waals surface area contributed by atoms with Gasteiger partial charge in [-0.05, 0) is 14.1 Å². The summed E-state index contributed by atoms with van der Waals surface area (Å²) in [7, 11) is 3.60. The zero-order valence-corrected chi connectivity index (χ0v) is 11.7. The SMILES string of the molecule is C[N-]N(C)C.O=[S](=O)=[V].[NH2-].[W]. The molecule has 0 unspecified atom stereocenters. The Morgan fingerprint density at radius 2 is 1.45 bits per heavy atom. The van der Waals surface area contributed by atoms with E-state index in [4.69, 9.17) is 8.42 Å². The minimum atomic E-state index is -1.92. The van der Waals surface area contributed by atoms with Crippen LogP contribution in [-0.4, -0.2) is 34.6 Å². The van der Waals surface area contributed by atoms with E-state index < -0.39 is 8.36 Å². The molecule has 5 nitrogen and oxygen atoms in total. The summed E-state index contributed by atoms with van der Waals surface area (Å²) in [5.41, 5.74) is 3.72. The molecule has 0 fully saturated rings. The largest absolute Gasteiger partial charge is 0.693 e. The first-order valence-corrected chi connectivity index (χ1v) is 4.80. The third kappa shape index (κ3) is 100.0. The Balaban J connectivity index is -0.0000000383. The van der Waals surface area contributed by atoms with Crippen molar-refractivity contribution in [3.63, 3.8) is 0 Å². The fourth-order valence-corrected chi connectivity index (χ4v) is 0. The Labute approximate surface area is 90.9 Å². The molecule has 0 aromatic rings. The van der Waals surface area contributed by atoms with Gasteiger partial charge in [-0.15, -0.1) is 0 Å². The number of nitrogens with zero attached hydrogens (tertiary/aromatic N) is 2. The molecule has 69 valence electrons. The summed E-state index contributed by atoms with van der Waals surface area (Å²) in [5.74, 6) is 0. The summed E-state index contributed by atoms with van der Waals surface area (Å²) in [6.07, 6.45) is 0. The monoisotopic (exact) mass is 388 g/mol. The first-order valence-electron chi connectivity index (χ1n) is 2.06. The van der Waals surface area contributed by atoms with E-state index in [1.807, 2.05) is 14.1 Å². The van der Waals surface area contributed by atoms with Gasteiger partial charge in [-0.1, -0.05) is 0 Å². The average molecular weight is 388 g/mol. The molecular formula is C3H11N3O2SVW-2. The zero-order valence-electron chi connectivity index (χ0n) is 6.55. The van der Waals surface area contributed by atoms with E-state index in [1.54, 1.807) is 12.1 Å². The number of hydrogen-bond acceptors (Lipinski definition) is 3. The molecule has 0 aliphatic carbocycles. The van der Waals surface area contributed by atoms with Crippen LogP contribution >= 0.6 is 0 Å². The Kier molecular flexibility index (Phi) is 35.4. The second-order valence-electron chi connectivity index (χ2n) is 1.26. The fraction of sp³-hybridized carbons (Fsp3) is 1.00. The van der Waals surface area contributed by atoms with Gasteiger partial charge in [0, 0.05) is 21.1 Å². The van der Waals surface area contributed by atoms with Crippen LogP contribution in [0.4, 0.5) is 0 Å². The van der Waals surface area contributed by atoms with Crippen molar-refractivity contribution in [1.82, 2.24) is 5.01 Å². The average Bonchev–Trinajstić information content (AvgIpc) is 1.65. The van der Waals surface area contributed by atoms with Crippen molar-refractivity contribution in [2.45, 2.75) is 0 Å². The van der Waals surface area contributed by atoms with Crippen LogP contribution in [0.2, 0.25) is 0 Å². The smallest absolute Gasteiger partial charge is 0 e. The summed E-state index contributed by atoms with van der Waals surface area (Å²) in [4.78, 5) is 0. The maximum Gasteiger partial charge on any atom is 0 e. The Hall–Kier alpha value is 0.973. The van der Waals surface area contributed by atoms with Gasteiger partial charge in [-0.25, -0.2) is 0 Å². The van der Waals surface area contributed by atoms with Crippen LogP contribution in [0.15, 0.2) is 0 Å². The molecule has 0 amide bonds. The maximum atomic E-state index is 8.97. The van der Waals surface area contributed by atoms with E-state index in [0.29, 0.717) is 0 Å². The summed E-state index contributed by atoms with van der Waals surface area (Å²) in [6.45, 7) is 0. The van der Waals surface area contributed by atoms with Crippen LogP contribution in [0.5, 0.6) is 0 Å². The molecule has 0 atom stereocenters. The third-order valence-electron chi connectivity index (χ3n) is 0.400. The zero-order chi connectivity index (χ0) is 7.86. The van der Waals surface area contributed by atoms with E-state index in [2.05, 4.69) is 5.43 Å². The first-order chi connectivity index (χ1) is 4.00. The topological polar surface area (TPSA) is 85.0 Å². The van der Waals surface area contributed by atoms with Crippen molar-refractivity contribution >= 4 is 8.36 Å². The molecule has 0 heterocycles. The van der Waals surface area contributed by atoms with Crippen LogP contribution in [-0.2, 0) is 45.1 Å². The van der Waals surface area contributed by atoms with Gasteiger partial charge < -0.3 is 16.6 Å². The van der Waals surface area contributed by atoms with Crippen molar-refractivity contribution in [3.8, 4) is 0 Å². The Morgan fingerprint density at radius 1 is 1.36 bits per heavy atom. The van der Waals surface area contributed by atoms with Gasteiger partial charge in [-0.2, -0.15) is 7.05 Å². The first kappa shape index (κ1) is 22.7. The molecule has 0 saturated heterocycles. The van der Waals surface area contributed by atoms with Crippen LogP contribution in [0.1, 0.15) is 0 Å². The molecule has 8 heteroatoms. The van der Waals surface area contributed by atoms with E-state index in [-0.39, 0.29) is 27.2 Å². The van der Waals surface area contributed by atoms with E-state index in [0.717, 1.165) is 0 Å². The van der Waals surface area contributed by atoms with Crippen molar-refractivity contribution in [2.75, 3.05) is 21.1 Å². The minimum absolute atomic E-state index is 0. The summed E-state index contributed by atoms with van der Waals surface area (Å²) in [6, 6.07) is 0. The molecule has 0 aromatic carbocycles. The van der Waals surface area contributed by atoms with Gasteiger partial charge in [0.05, 0.1) is 0 Å². The second kappa shape index (κ2) is 17.2. The minimum Gasteiger partial charge on any atom is -0.693 e. The molecule has 0 radical (unpaired) electrons. The van der Waals surface area contributed by atoms with Gasteiger partial charge in [0.2, 0.25) is 0 Å². The predicted molar refractivity (Wildman–Crippen MR) is 37.2 cm³/mol. The van der Waals surface area contributed by atoms with Crippen molar-refractivity contribution < 1.29 is 45.2 Å². The number of rotatable bonds is 1. The van der Waals surface area contributed by atoms with E-state index in [1.165, 1.54) is 15.7 Å². The van der Waals surface area contributed by atoms with E-state index >= 15 is 0 Å². The summed E-state index contributed by atoms with van der Waals surface area (Å²) in [5, 5.41) is 1.75. The summed E-state index contributed by atoms with van der Waals surface area (Å²) < 4.78 is 17.9. The predicted octanol–water partition coefficient (Wildman–Crippen LogP) is 0.508. The fourth-order valence-electron chi connectivity index (χ4n) is 0. The van der Waals surface area contributed by atoms with Crippen LogP contribution in [0, 0.1) is 0 Å². The molecule has 0 aliphatic rings. The number of hydrogen-bond donors (Lipinski definition) is 0. The Bertz CT molecular complexity index is 138. The normalized spacial score (nSPS) is 6.45. The van der Waals surface area contributed by atoms with Crippen LogP contribution < -0.4 is 0 Å². The molecule has 0 rings (SSSR count). The molecule has 0 aliphatic heterocycles. The molecule has 2 N–H and O–H groups in total. The van der Waals surface area contributed by atoms with Gasteiger partial charge in [0.15, 0.2) is 0 Å². The summed E-state index contributed by atoms with van der Waals surface area (Å²) >= 11 is 1.45. The van der Waals surface area contributed by atoms with Crippen molar-refractivity contribution in [2.24, 2.45) is 0 Å². The second-order valence-corrected chi connectivity index (χ2v) is 3.10. The molecule has 0 aromatic heterocycles. The standard InChI is InChI=1S/C3H9N2.H2N.O2S.V.W/c1-4-5(2)3;;1-3-2;;/h1-3H3;1H2;;;/q2*-1;;;. The molecule has 0 bridgehead atoms. The number of nitrogens with two attached hydrogens (primary N) is 1. The Morgan fingerprint density at radius 3 is 1.45 bits per heavy atom. The quantitative estimate of drug-likeness (QED) is 0.614. The van der Waals surface area contributed by atoms with Crippen LogP contribution in [0.25, 0.3) is 11.6 Å². The van der Waals surface area contributed by atoms with Crippen molar-refractivity contribution in [1.29, 1.82) is 0 Å². The molecular weight excluding hydrogens is 377 g/mol. The maximum absolute atomic E-state index is 8.97. The van der Waals surface area contributed by atoms with Gasteiger partial charge in [-0.3, -0.25) is 0 Å². The van der Waals surface area contributed by atoms with Crippen LogP contribution in [0.3, 0.4) is 0 Å². The van der Waals surface area contributed by atoms with E-state index in [9.17, 15) is 0 Å².